The Kier molecular flexibility index (Phi) is 4.11. The number of anilines is 1. The molecule has 1 aliphatic carbocycles. The van der Waals surface area contributed by atoms with Gasteiger partial charge in [-0.3, -0.25) is 4.79 Å². The van der Waals surface area contributed by atoms with Gasteiger partial charge in [0.2, 0.25) is 5.91 Å². The first kappa shape index (κ1) is 18.4. The SMILES string of the molecule is C=C1CC1(C(=O)Nc1ccc2[nH]c(C(C)(C)C)cc2c1)c1ccc(OC)cc1. The van der Waals surface area contributed by atoms with E-state index in [4.69, 9.17) is 4.74 Å². The summed E-state index contributed by atoms with van der Waals surface area (Å²) in [5, 5.41) is 4.19. The van der Waals surface area contributed by atoms with Gasteiger partial charge in [0.05, 0.1) is 12.5 Å². The first-order chi connectivity index (χ1) is 13.2. The molecular formula is C24H26N2O2. The molecule has 2 aromatic carbocycles. The minimum atomic E-state index is -0.643. The lowest BCUT2D eigenvalue weighted by molar-refractivity contribution is -0.118. The van der Waals surface area contributed by atoms with Crippen LogP contribution in [-0.2, 0) is 15.6 Å². The van der Waals surface area contributed by atoms with E-state index in [9.17, 15) is 4.79 Å². The molecule has 4 rings (SSSR count). The van der Waals surface area contributed by atoms with Crippen LogP contribution in [0.4, 0.5) is 5.69 Å². The van der Waals surface area contributed by atoms with E-state index >= 15 is 0 Å². The van der Waals surface area contributed by atoms with Crippen molar-refractivity contribution >= 4 is 22.5 Å². The van der Waals surface area contributed by atoms with Crippen LogP contribution in [0.1, 0.15) is 38.4 Å². The Morgan fingerprint density at radius 1 is 1.14 bits per heavy atom. The van der Waals surface area contributed by atoms with E-state index in [1.54, 1.807) is 7.11 Å². The van der Waals surface area contributed by atoms with Gasteiger partial charge in [0, 0.05) is 27.7 Å². The molecular weight excluding hydrogens is 348 g/mol. The van der Waals surface area contributed by atoms with E-state index in [1.807, 2.05) is 42.5 Å². The first-order valence-corrected chi connectivity index (χ1v) is 9.51. The third-order valence-corrected chi connectivity index (χ3v) is 5.61. The number of hydrogen-bond acceptors (Lipinski definition) is 2. The fraction of sp³-hybridized carbons (Fsp3) is 0.292. The number of methoxy groups -OCH3 is 1. The summed E-state index contributed by atoms with van der Waals surface area (Å²) in [6.07, 6.45) is 0.672. The summed E-state index contributed by atoms with van der Waals surface area (Å²) in [6.45, 7) is 10.6. The standard InChI is InChI=1S/C24H26N2O2/c1-15-14-24(15,17-6-9-19(28-5)10-7-17)22(27)25-18-8-11-20-16(12-18)13-21(26-20)23(2,3)4/h6-13,26H,1,14H2,2-5H3,(H,25,27). The molecule has 1 heterocycles. The smallest absolute Gasteiger partial charge is 0.239 e. The fourth-order valence-corrected chi connectivity index (χ4v) is 3.68. The van der Waals surface area contributed by atoms with Crippen molar-refractivity contribution in [1.82, 2.24) is 4.98 Å². The van der Waals surface area contributed by atoms with Crippen LogP contribution in [0.3, 0.4) is 0 Å². The number of benzene rings is 2. The maximum Gasteiger partial charge on any atom is 0.239 e. The largest absolute Gasteiger partial charge is 0.497 e. The van der Waals surface area contributed by atoms with E-state index in [0.29, 0.717) is 6.42 Å². The second-order valence-electron chi connectivity index (χ2n) is 8.60. The minimum absolute atomic E-state index is 0.0337. The molecule has 1 saturated carbocycles. The Morgan fingerprint density at radius 3 is 2.39 bits per heavy atom. The Bertz CT molecular complexity index is 1070. The minimum Gasteiger partial charge on any atom is -0.497 e. The summed E-state index contributed by atoms with van der Waals surface area (Å²) in [5.41, 5.74) is 4.34. The van der Waals surface area contributed by atoms with Gasteiger partial charge in [-0.05, 0) is 48.4 Å². The lowest BCUT2D eigenvalue weighted by atomic mass is 9.92. The number of ether oxygens (including phenoxy) is 1. The van der Waals surface area contributed by atoms with E-state index < -0.39 is 5.41 Å². The highest BCUT2D eigenvalue weighted by molar-refractivity contribution is 6.06. The normalized spacial score (nSPS) is 18.9. The van der Waals surface area contributed by atoms with Gasteiger partial charge in [-0.1, -0.05) is 45.1 Å². The molecule has 1 amide bonds. The van der Waals surface area contributed by atoms with Crippen LogP contribution in [-0.4, -0.2) is 18.0 Å². The van der Waals surface area contributed by atoms with Crippen molar-refractivity contribution in [3.05, 3.63) is 71.9 Å². The van der Waals surface area contributed by atoms with Crippen molar-refractivity contribution in [1.29, 1.82) is 0 Å². The average molecular weight is 374 g/mol. The van der Waals surface area contributed by atoms with Crippen molar-refractivity contribution in [2.45, 2.75) is 38.0 Å². The maximum absolute atomic E-state index is 13.2. The van der Waals surface area contributed by atoms with E-state index in [1.165, 1.54) is 5.69 Å². The second kappa shape index (κ2) is 6.26. The number of aromatic amines is 1. The average Bonchev–Trinajstić information content (AvgIpc) is 3.15. The summed E-state index contributed by atoms with van der Waals surface area (Å²) in [5.74, 6) is 0.742. The molecule has 0 aliphatic heterocycles. The Labute approximate surface area is 165 Å². The number of rotatable bonds is 4. The predicted octanol–water partition coefficient (Wildman–Crippen LogP) is 5.31. The molecule has 1 aliphatic rings. The molecule has 0 bridgehead atoms. The van der Waals surface area contributed by atoms with Gasteiger partial charge in [0.1, 0.15) is 5.75 Å². The maximum atomic E-state index is 13.2. The second-order valence-corrected chi connectivity index (χ2v) is 8.60. The van der Waals surface area contributed by atoms with E-state index in [-0.39, 0.29) is 11.3 Å². The summed E-state index contributed by atoms with van der Waals surface area (Å²) in [4.78, 5) is 16.6. The van der Waals surface area contributed by atoms with Gasteiger partial charge in [-0.2, -0.15) is 0 Å². The number of hydrogen-bond donors (Lipinski definition) is 2. The van der Waals surface area contributed by atoms with Crippen molar-refractivity contribution in [3.63, 3.8) is 0 Å². The molecule has 0 saturated heterocycles. The van der Waals surface area contributed by atoms with Gasteiger partial charge >= 0.3 is 0 Å². The summed E-state index contributed by atoms with van der Waals surface area (Å²) in [7, 11) is 1.63. The van der Waals surface area contributed by atoms with E-state index in [2.05, 4.69) is 43.7 Å². The molecule has 1 aromatic heterocycles. The van der Waals surface area contributed by atoms with Crippen LogP contribution in [0.2, 0.25) is 0 Å². The number of carbonyl (C=O) groups excluding carboxylic acids is 1. The number of nitrogens with one attached hydrogen (secondary N) is 2. The molecule has 2 N–H and O–H groups in total. The van der Waals surface area contributed by atoms with Gasteiger partial charge in [0.15, 0.2) is 0 Å². The van der Waals surface area contributed by atoms with Crippen molar-refractivity contribution in [2.75, 3.05) is 12.4 Å². The predicted molar refractivity (Wildman–Crippen MR) is 114 cm³/mol. The number of amides is 1. The number of carbonyl (C=O) groups is 1. The summed E-state index contributed by atoms with van der Waals surface area (Å²) >= 11 is 0. The van der Waals surface area contributed by atoms with Crippen molar-refractivity contribution < 1.29 is 9.53 Å². The molecule has 1 fully saturated rings. The van der Waals surface area contributed by atoms with Crippen LogP contribution in [0.15, 0.2) is 60.7 Å². The van der Waals surface area contributed by atoms with Crippen LogP contribution >= 0.6 is 0 Å². The van der Waals surface area contributed by atoms with Gasteiger partial charge in [-0.25, -0.2) is 0 Å². The lowest BCUT2D eigenvalue weighted by Gasteiger charge is -2.16. The van der Waals surface area contributed by atoms with Crippen LogP contribution in [0, 0.1) is 0 Å². The Hall–Kier alpha value is -3.01. The molecule has 1 atom stereocenters. The number of H-pyrrole nitrogens is 1. The van der Waals surface area contributed by atoms with Crippen molar-refractivity contribution in [3.8, 4) is 5.75 Å². The topological polar surface area (TPSA) is 54.1 Å². The van der Waals surface area contributed by atoms with Crippen molar-refractivity contribution in [2.24, 2.45) is 0 Å². The third-order valence-electron chi connectivity index (χ3n) is 5.61. The Morgan fingerprint density at radius 2 is 1.82 bits per heavy atom. The molecule has 0 radical (unpaired) electrons. The lowest BCUT2D eigenvalue weighted by Crippen LogP contribution is -2.28. The number of fused-ring (bicyclic) bond motifs is 1. The van der Waals surface area contributed by atoms with Crippen LogP contribution in [0.25, 0.3) is 10.9 Å². The highest BCUT2D eigenvalue weighted by atomic mass is 16.5. The number of aromatic nitrogens is 1. The summed E-state index contributed by atoms with van der Waals surface area (Å²) < 4.78 is 5.23. The summed E-state index contributed by atoms with van der Waals surface area (Å²) in [6, 6.07) is 15.8. The molecule has 144 valence electrons. The molecule has 0 spiro atoms. The van der Waals surface area contributed by atoms with E-state index in [0.717, 1.165) is 33.5 Å². The van der Waals surface area contributed by atoms with Gasteiger partial charge in [0.25, 0.3) is 0 Å². The third kappa shape index (κ3) is 2.99. The van der Waals surface area contributed by atoms with Gasteiger partial charge in [-0.15, -0.1) is 0 Å². The zero-order valence-corrected chi connectivity index (χ0v) is 16.8. The Balaban J connectivity index is 1.60. The van der Waals surface area contributed by atoms with Gasteiger partial charge < -0.3 is 15.0 Å². The highest BCUT2D eigenvalue weighted by Gasteiger charge is 2.55. The fourth-order valence-electron chi connectivity index (χ4n) is 3.68. The zero-order chi connectivity index (χ0) is 20.1. The zero-order valence-electron chi connectivity index (χ0n) is 16.8. The van der Waals surface area contributed by atoms with Crippen LogP contribution < -0.4 is 10.1 Å². The molecule has 28 heavy (non-hydrogen) atoms. The first-order valence-electron chi connectivity index (χ1n) is 9.51. The van der Waals surface area contributed by atoms with Crippen LogP contribution in [0.5, 0.6) is 5.75 Å². The molecule has 4 nitrogen and oxygen atoms in total. The molecule has 3 aromatic rings. The molecule has 1 unspecified atom stereocenters. The quantitative estimate of drug-likeness (QED) is 0.608. The highest BCUT2D eigenvalue weighted by Crippen LogP contribution is 2.53. The molecule has 4 heteroatoms. The monoisotopic (exact) mass is 374 g/mol.